The molecular weight excluding hydrogens is 314 g/mol. The van der Waals surface area contributed by atoms with Crippen LogP contribution in [0.4, 0.5) is 0 Å². The highest BCUT2D eigenvalue weighted by Gasteiger charge is 2.23. The molecule has 0 saturated heterocycles. The van der Waals surface area contributed by atoms with Gasteiger partial charge in [0.2, 0.25) is 0 Å². The molecule has 5 nitrogen and oxygen atoms in total. The number of amides is 1. The maximum absolute atomic E-state index is 12.6. The van der Waals surface area contributed by atoms with Gasteiger partial charge in [-0.15, -0.1) is 0 Å². The Kier molecular flexibility index (Phi) is 6.37. The molecule has 1 amide bonds. The highest BCUT2D eigenvalue weighted by atomic mass is 16.3. The van der Waals surface area contributed by atoms with Gasteiger partial charge in [-0.1, -0.05) is 51.1 Å². The number of rotatable bonds is 8. The van der Waals surface area contributed by atoms with E-state index in [0.29, 0.717) is 25.1 Å². The molecule has 1 aromatic heterocycles. The third kappa shape index (κ3) is 5.43. The molecule has 0 aliphatic rings. The third-order valence-electron chi connectivity index (χ3n) is 4.28. The number of aliphatic hydroxyl groups excluding tert-OH is 1. The molecule has 2 aromatic rings. The molecule has 0 aliphatic heterocycles. The molecule has 2 N–H and O–H groups in total. The Morgan fingerprint density at radius 3 is 2.60 bits per heavy atom. The van der Waals surface area contributed by atoms with E-state index in [-0.39, 0.29) is 17.4 Å². The van der Waals surface area contributed by atoms with Gasteiger partial charge in [-0.25, -0.2) is 0 Å². The predicted molar refractivity (Wildman–Crippen MR) is 99.6 cm³/mol. The molecule has 5 heteroatoms. The van der Waals surface area contributed by atoms with E-state index in [4.69, 9.17) is 0 Å². The van der Waals surface area contributed by atoms with Crippen LogP contribution in [0.1, 0.15) is 55.7 Å². The number of carbonyl (C=O) groups is 1. The van der Waals surface area contributed by atoms with Gasteiger partial charge in [0.15, 0.2) is 0 Å². The minimum absolute atomic E-state index is 0.102. The SMILES string of the molecule is CCc1c(C(=O)NCC(C)(C)CC(C)O)cnn1Cc1ccccc1. The largest absolute Gasteiger partial charge is 0.393 e. The van der Waals surface area contributed by atoms with Crippen LogP contribution in [0.15, 0.2) is 36.5 Å². The number of nitrogens with zero attached hydrogens (tertiary/aromatic N) is 2. The van der Waals surface area contributed by atoms with E-state index >= 15 is 0 Å². The van der Waals surface area contributed by atoms with Crippen molar-refractivity contribution in [2.45, 2.75) is 53.2 Å². The van der Waals surface area contributed by atoms with Gasteiger partial charge in [0.25, 0.3) is 5.91 Å². The zero-order valence-electron chi connectivity index (χ0n) is 15.6. The van der Waals surface area contributed by atoms with Crippen molar-refractivity contribution in [1.29, 1.82) is 0 Å². The van der Waals surface area contributed by atoms with Gasteiger partial charge in [0.1, 0.15) is 0 Å². The third-order valence-corrected chi connectivity index (χ3v) is 4.28. The maximum Gasteiger partial charge on any atom is 0.254 e. The summed E-state index contributed by atoms with van der Waals surface area (Å²) in [6.45, 7) is 9.06. The van der Waals surface area contributed by atoms with Crippen molar-refractivity contribution in [1.82, 2.24) is 15.1 Å². The average molecular weight is 343 g/mol. The summed E-state index contributed by atoms with van der Waals surface area (Å²) in [7, 11) is 0. The smallest absolute Gasteiger partial charge is 0.254 e. The highest BCUT2D eigenvalue weighted by molar-refractivity contribution is 5.95. The summed E-state index contributed by atoms with van der Waals surface area (Å²) < 4.78 is 1.89. The molecule has 1 atom stereocenters. The second-order valence-electron chi connectivity index (χ2n) is 7.40. The number of benzene rings is 1. The average Bonchev–Trinajstić information content (AvgIpc) is 2.95. The van der Waals surface area contributed by atoms with Crippen LogP contribution in [0.2, 0.25) is 0 Å². The Hall–Kier alpha value is -2.14. The molecule has 25 heavy (non-hydrogen) atoms. The summed E-state index contributed by atoms with van der Waals surface area (Å²) in [4.78, 5) is 12.6. The fourth-order valence-electron chi connectivity index (χ4n) is 3.15. The molecule has 0 spiro atoms. The lowest BCUT2D eigenvalue weighted by molar-refractivity contribution is 0.0901. The summed E-state index contributed by atoms with van der Waals surface area (Å²) >= 11 is 0. The van der Waals surface area contributed by atoms with E-state index in [2.05, 4.69) is 22.5 Å². The van der Waals surface area contributed by atoms with Crippen LogP contribution in [-0.4, -0.2) is 33.4 Å². The minimum Gasteiger partial charge on any atom is -0.393 e. The Labute approximate surface area is 150 Å². The van der Waals surface area contributed by atoms with Crippen molar-refractivity contribution >= 4 is 5.91 Å². The molecule has 1 heterocycles. The molecule has 1 aromatic carbocycles. The van der Waals surface area contributed by atoms with Crippen molar-refractivity contribution < 1.29 is 9.90 Å². The van der Waals surface area contributed by atoms with Crippen molar-refractivity contribution in [3.05, 3.63) is 53.3 Å². The number of aromatic nitrogens is 2. The van der Waals surface area contributed by atoms with Crippen LogP contribution in [-0.2, 0) is 13.0 Å². The van der Waals surface area contributed by atoms with Crippen LogP contribution in [0, 0.1) is 5.41 Å². The lowest BCUT2D eigenvalue weighted by Crippen LogP contribution is -2.36. The van der Waals surface area contributed by atoms with E-state index in [0.717, 1.165) is 17.7 Å². The predicted octanol–water partition coefficient (Wildman–Crippen LogP) is 3.02. The van der Waals surface area contributed by atoms with Gasteiger partial charge in [0, 0.05) is 6.54 Å². The summed E-state index contributed by atoms with van der Waals surface area (Å²) in [6, 6.07) is 10.1. The summed E-state index contributed by atoms with van der Waals surface area (Å²) in [5.41, 5.74) is 2.57. The van der Waals surface area contributed by atoms with Crippen molar-refractivity contribution in [3.63, 3.8) is 0 Å². The topological polar surface area (TPSA) is 67.2 Å². The number of hydrogen-bond acceptors (Lipinski definition) is 3. The summed E-state index contributed by atoms with van der Waals surface area (Å²) in [5, 5.41) is 17.0. The second-order valence-corrected chi connectivity index (χ2v) is 7.40. The Morgan fingerprint density at radius 2 is 2.00 bits per heavy atom. The first-order valence-electron chi connectivity index (χ1n) is 8.87. The normalized spacial score (nSPS) is 12.8. The van der Waals surface area contributed by atoms with Crippen LogP contribution in [0.3, 0.4) is 0 Å². The first kappa shape index (κ1) is 19.2. The highest BCUT2D eigenvalue weighted by Crippen LogP contribution is 2.21. The summed E-state index contributed by atoms with van der Waals surface area (Å²) in [6.07, 6.45) is 2.65. The fourth-order valence-corrected chi connectivity index (χ4v) is 3.15. The number of aliphatic hydroxyl groups is 1. The van der Waals surface area contributed by atoms with E-state index in [1.807, 2.05) is 43.7 Å². The van der Waals surface area contributed by atoms with Gasteiger partial charge in [0.05, 0.1) is 30.1 Å². The quantitative estimate of drug-likeness (QED) is 0.774. The van der Waals surface area contributed by atoms with Crippen LogP contribution >= 0.6 is 0 Å². The van der Waals surface area contributed by atoms with E-state index in [1.165, 1.54) is 0 Å². The van der Waals surface area contributed by atoms with Crippen molar-refractivity contribution in [2.24, 2.45) is 5.41 Å². The molecule has 0 saturated carbocycles. The molecule has 0 bridgehead atoms. The zero-order chi connectivity index (χ0) is 18.4. The molecule has 0 fully saturated rings. The molecule has 1 unspecified atom stereocenters. The molecule has 136 valence electrons. The van der Waals surface area contributed by atoms with Crippen molar-refractivity contribution in [2.75, 3.05) is 6.54 Å². The molecule has 2 rings (SSSR count). The van der Waals surface area contributed by atoms with Gasteiger partial charge in [-0.2, -0.15) is 5.10 Å². The van der Waals surface area contributed by atoms with Crippen LogP contribution in [0.5, 0.6) is 0 Å². The van der Waals surface area contributed by atoms with Crippen molar-refractivity contribution in [3.8, 4) is 0 Å². The summed E-state index contributed by atoms with van der Waals surface area (Å²) in [5.74, 6) is -0.102. The standard InChI is InChI=1S/C20H29N3O2/c1-5-18-17(19(25)21-14-20(3,4)11-15(2)24)12-22-23(18)13-16-9-7-6-8-10-16/h6-10,12,15,24H,5,11,13-14H2,1-4H3,(H,21,25). The van der Waals surface area contributed by atoms with E-state index in [9.17, 15) is 9.90 Å². The van der Waals surface area contributed by atoms with E-state index < -0.39 is 0 Å². The monoisotopic (exact) mass is 343 g/mol. The minimum atomic E-state index is -0.383. The van der Waals surface area contributed by atoms with E-state index in [1.54, 1.807) is 13.1 Å². The first-order valence-corrected chi connectivity index (χ1v) is 8.87. The Bertz CT molecular complexity index is 690. The lowest BCUT2D eigenvalue weighted by Gasteiger charge is -2.26. The molecule has 0 aliphatic carbocycles. The van der Waals surface area contributed by atoms with Gasteiger partial charge in [-0.05, 0) is 30.7 Å². The van der Waals surface area contributed by atoms with Gasteiger partial charge < -0.3 is 10.4 Å². The number of nitrogens with one attached hydrogen (secondary N) is 1. The lowest BCUT2D eigenvalue weighted by atomic mass is 9.87. The van der Waals surface area contributed by atoms with Gasteiger partial charge >= 0.3 is 0 Å². The molecular formula is C20H29N3O2. The van der Waals surface area contributed by atoms with Crippen LogP contribution in [0.25, 0.3) is 0 Å². The molecule has 0 radical (unpaired) electrons. The van der Waals surface area contributed by atoms with Gasteiger partial charge in [-0.3, -0.25) is 9.48 Å². The first-order chi connectivity index (χ1) is 11.8. The second kappa shape index (κ2) is 8.30. The number of hydrogen-bond donors (Lipinski definition) is 2. The Balaban J connectivity index is 2.07. The Morgan fingerprint density at radius 1 is 1.32 bits per heavy atom. The maximum atomic E-state index is 12.6. The zero-order valence-corrected chi connectivity index (χ0v) is 15.6. The van der Waals surface area contributed by atoms with Crippen LogP contribution < -0.4 is 5.32 Å². The number of carbonyl (C=O) groups excluding carboxylic acids is 1. The fraction of sp³-hybridized carbons (Fsp3) is 0.500.